The van der Waals surface area contributed by atoms with E-state index in [0.29, 0.717) is 31.0 Å². The van der Waals surface area contributed by atoms with E-state index in [1.807, 2.05) is 4.90 Å². The van der Waals surface area contributed by atoms with Crippen molar-refractivity contribution >= 4 is 11.6 Å². The molecule has 7 nitrogen and oxygen atoms in total. The zero-order chi connectivity index (χ0) is 22.2. The molecule has 1 amide bonds. The minimum atomic E-state index is -0.281. The lowest BCUT2D eigenvalue weighted by Gasteiger charge is -2.37. The normalized spacial score (nSPS) is 18.5. The van der Waals surface area contributed by atoms with Gasteiger partial charge in [-0.05, 0) is 48.7 Å². The van der Waals surface area contributed by atoms with Gasteiger partial charge in [-0.15, -0.1) is 5.10 Å². The molecular formula is C24H26FN5O2. The maximum absolute atomic E-state index is 13.2. The van der Waals surface area contributed by atoms with Gasteiger partial charge in [0.25, 0.3) is 5.91 Å². The molecule has 32 heavy (non-hydrogen) atoms. The Morgan fingerprint density at radius 3 is 2.56 bits per heavy atom. The van der Waals surface area contributed by atoms with Gasteiger partial charge in [0.15, 0.2) is 5.69 Å². The third-order valence-corrected chi connectivity index (χ3v) is 6.53. The van der Waals surface area contributed by atoms with Crippen LogP contribution in [0.4, 0.5) is 10.1 Å². The standard InChI is InChI=1S/C24H26FN5O2/c1-16-4-3-5-20(17(16)2)28-10-12-29(13-11-28)24(31)23-21-15-32-22(14-30(21)27-26-23)18-6-8-19(25)9-7-18/h3-9,22H,10-15H2,1-2H3. The largest absolute Gasteiger partial charge is 0.368 e. The van der Waals surface area contributed by atoms with Crippen molar-refractivity contribution < 1.29 is 13.9 Å². The molecule has 1 aromatic heterocycles. The molecule has 2 aliphatic rings. The molecule has 2 aromatic carbocycles. The second kappa shape index (κ2) is 8.35. The maximum atomic E-state index is 13.2. The third-order valence-electron chi connectivity index (χ3n) is 6.53. The van der Waals surface area contributed by atoms with Crippen molar-refractivity contribution in [1.29, 1.82) is 0 Å². The number of benzene rings is 2. The first kappa shape index (κ1) is 20.6. The fraction of sp³-hybridized carbons (Fsp3) is 0.375. The summed E-state index contributed by atoms with van der Waals surface area (Å²) in [4.78, 5) is 17.4. The summed E-state index contributed by atoms with van der Waals surface area (Å²) in [5.41, 5.74) is 5.73. The van der Waals surface area contributed by atoms with Crippen molar-refractivity contribution in [3.8, 4) is 0 Å². The smallest absolute Gasteiger partial charge is 0.276 e. The molecule has 1 atom stereocenters. The summed E-state index contributed by atoms with van der Waals surface area (Å²) < 4.78 is 20.9. The molecule has 1 unspecified atom stereocenters. The topological polar surface area (TPSA) is 63.5 Å². The van der Waals surface area contributed by atoms with Crippen LogP contribution < -0.4 is 4.90 Å². The Morgan fingerprint density at radius 2 is 1.81 bits per heavy atom. The summed E-state index contributed by atoms with van der Waals surface area (Å²) in [6.07, 6.45) is -0.242. The van der Waals surface area contributed by atoms with E-state index >= 15 is 0 Å². The minimum absolute atomic E-state index is 0.101. The van der Waals surface area contributed by atoms with Gasteiger partial charge in [-0.25, -0.2) is 9.07 Å². The van der Waals surface area contributed by atoms with Crippen molar-refractivity contribution in [2.75, 3.05) is 31.1 Å². The second-order valence-electron chi connectivity index (χ2n) is 8.42. The van der Waals surface area contributed by atoms with Crippen LogP contribution in [0.25, 0.3) is 0 Å². The molecule has 0 N–H and O–H groups in total. The molecule has 0 saturated carbocycles. The van der Waals surface area contributed by atoms with E-state index in [0.717, 1.165) is 18.7 Å². The van der Waals surface area contributed by atoms with Crippen LogP contribution in [0.3, 0.4) is 0 Å². The number of fused-ring (bicyclic) bond motifs is 1. The van der Waals surface area contributed by atoms with E-state index < -0.39 is 0 Å². The Hall–Kier alpha value is -3.26. The van der Waals surface area contributed by atoms with E-state index in [1.165, 1.54) is 28.9 Å². The highest BCUT2D eigenvalue weighted by Crippen LogP contribution is 2.28. The van der Waals surface area contributed by atoms with Crippen LogP contribution in [-0.4, -0.2) is 52.0 Å². The number of nitrogens with zero attached hydrogens (tertiary/aromatic N) is 5. The number of hydrogen-bond donors (Lipinski definition) is 0. The first-order valence-corrected chi connectivity index (χ1v) is 10.9. The summed E-state index contributed by atoms with van der Waals surface area (Å²) in [5.74, 6) is -0.382. The van der Waals surface area contributed by atoms with Gasteiger partial charge in [0.05, 0.1) is 18.8 Å². The number of rotatable bonds is 3. The molecule has 8 heteroatoms. The lowest BCUT2D eigenvalue weighted by molar-refractivity contribution is -0.00199. The Balaban J connectivity index is 1.26. The second-order valence-corrected chi connectivity index (χ2v) is 8.42. The van der Waals surface area contributed by atoms with Crippen molar-refractivity contribution in [2.45, 2.75) is 33.1 Å². The third kappa shape index (κ3) is 3.75. The van der Waals surface area contributed by atoms with Crippen LogP contribution in [0.15, 0.2) is 42.5 Å². The zero-order valence-electron chi connectivity index (χ0n) is 18.3. The molecule has 0 radical (unpaired) electrons. The number of ether oxygens (including phenoxy) is 1. The van der Waals surface area contributed by atoms with Crippen molar-refractivity contribution in [2.24, 2.45) is 0 Å². The highest BCUT2D eigenvalue weighted by molar-refractivity contribution is 5.93. The van der Waals surface area contributed by atoms with Gasteiger partial charge >= 0.3 is 0 Å². The Labute approximate surface area is 186 Å². The molecule has 1 saturated heterocycles. The predicted octanol–water partition coefficient (Wildman–Crippen LogP) is 3.27. The van der Waals surface area contributed by atoms with Crippen LogP contribution in [0.2, 0.25) is 0 Å². The highest BCUT2D eigenvalue weighted by Gasteiger charge is 2.31. The van der Waals surface area contributed by atoms with Crippen LogP contribution in [0.1, 0.15) is 39.0 Å². The number of piperazine rings is 1. The quantitative estimate of drug-likeness (QED) is 0.632. The molecule has 3 heterocycles. The molecule has 3 aromatic rings. The number of anilines is 1. The number of carbonyl (C=O) groups excluding carboxylic acids is 1. The summed E-state index contributed by atoms with van der Waals surface area (Å²) in [6.45, 7) is 7.79. The summed E-state index contributed by atoms with van der Waals surface area (Å²) >= 11 is 0. The number of amides is 1. The monoisotopic (exact) mass is 435 g/mol. The number of halogens is 1. The Morgan fingerprint density at radius 1 is 1.06 bits per heavy atom. The van der Waals surface area contributed by atoms with Crippen LogP contribution in [-0.2, 0) is 17.9 Å². The van der Waals surface area contributed by atoms with Crippen molar-refractivity contribution in [1.82, 2.24) is 19.9 Å². The zero-order valence-corrected chi connectivity index (χ0v) is 18.3. The van der Waals surface area contributed by atoms with Gasteiger partial charge in [0.2, 0.25) is 0 Å². The average Bonchev–Trinajstić information content (AvgIpc) is 3.24. The average molecular weight is 436 g/mol. The SMILES string of the molecule is Cc1cccc(N2CCN(C(=O)c3nnn4c3COC(c3ccc(F)cc3)C4)CC2)c1C. The van der Waals surface area contributed by atoms with E-state index in [2.05, 4.69) is 47.3 Å². The molecular weight excluding hydrogens is 409 g/mol. The lowest BCUT2D eigenvalue weighted by atomic mass is 10.1. The van der Waals surface area contributed by atoms with Crippen LogP contribution >= 0.6 is 0 Å². The molecule has 0 bridgehead atoms. The van der Waals surface area contributed by atoms with Gasteiger partial charge in [0, 0.05) is 31.9 Å². The van der Waals surface area contributed by atoms with Gasteiger partial charge < -0.3 is 14.5 Å². The van der Waals surface area contributed by atoms with Crippen molar-refractivity contribution in [3.05, 3.63) is 76.4 Å². The molecule has 0 spiro atoms. The summed E-state index contributed by atoms with van der Waals surface area (Å²) in [5, 5.41) is 8.39. The fourth-order valence-electron chi connectivity index (χ4n) is 4.44. The fourth-order valence-corrected chi connectivity index (χ4v) is 4.44. The predicted molar refractivity (Wildman–Crippen MR) is 118 cm³/mol. The molecule has 166 valence electrons. The minimum Gasteiger partial charge on any atom is -0.368 e. The first-order chi connectivity index (χ1) is 15.5. The van der Waals surface area contributed by atoms with E-state index in [-0.39, 0.29) is 24.4 Å². The van der Waals surface area contributed by atoms with Gasteiger partial charge in [-0.1, -0.05) is 29.5 Å². The van der Waals surface area contributed by atoms with E-state index in [4.69, 9.17) is 4.74 Å². The van der Waals surface area contributed by atoms with Crippen LogP contribution in [0, 0.1) is 19.7 Å². The van der Waals surface area contributed by atoms with E-state index in [1.54, 1.807) is 16.8 Å². The van der Waals surface area contributed by atoms with Gasteiger partial charge in [0.1, 0.15) is 11.9 Å². The Kier molecular flexibility index (Phi) is 5.38. The van der Waals surface area contributed by atoms with Gasteiger partial charge in [-0.3, -0.25) is 4.79 Å². The lowest BCUT2D eigenvalue weighted by Crippen LogP contribution is -2.49. The Bertz CT molecular complexity index is 1140. The van der Waals surface area contributed by atoms with Crippen molar-refractivity contribution in [3.63, 3.8) is 0 Å². The summed E-state index contributed by atoms with van der Waals surface area (Å²) in [6, 6.07) is 12.6. The number of carbonyl (C=O) groups is 1. The molecule has 1 fully saturated rings. The molecule has 2 aliphatic heterocycles. The van der Waals surface area contributed by atoms with Gasteiger partial charge in [-0.2, -0.15) is 0 Å². The van der Waals surface area contributed by atoms with Crippen LogP contribution in [0.5, 0.6) is 0 Å². The highest BCUT2D eigenvalue weighted by atomic mass is 19.1. The number of aromatic nitrogens is 3. The number of hydrogen-bond acceptors (Lipinski definition) is 5. The molecule has 0 aliphatic carbocycles. The maximum Gasteiger partial charge on any atom is 0.276 e. The molecule has 5 rings (SSSR count). The first-order valence-electron chi connectivity index (χ1n) is 10.9. The van der Waals surface area contributed by atoms with E-state index in [9.17, 15) is 9.18 Å². The summed E-state index contributed by atoms with van der Waals surface area (Å²) in [7, 11) is 0. The number of aryl methyl sites for hydroxylation is 1.